The van der Waals surface area contributed by atoms with Crippen LogP contribution in [0.5, 0.6) is 5.75 Å². The maximum Gasteiger partial charge on any atom is 0.407 e. The molecule has 280 valence electrons. The van der Waals surface area contributed by atoms with E-state index in [-0.39, 0.29) is 31.3 Å². The van der Waals surface area contributed by atoms with E-state index in [0.717, 1.165) is 0 Å². The molecule has 5 atom stereocenters. The van der Waals surface area contributed by atoms with Crippen LogP contribution >= 0.6 is 0 Å². The second-order valence-electron chi connectivity index (χ2n) is 14.8. The van der Waals surface area contributed by atoms with Crippen molar-refractivity contribution in [2.45, 2.75) is 95.6 Å². The Morgan fingerprint density at radius 2 is 1.76 bits per heavy atom. The van der Waals surface area contributed by atoms with E-state index in [0.29, 0.717) is 24.2 Å². The number of sulfonamides is 1. The van der Waals surface area contributed by atoms with Gasteiger partial charge in [-0.05, 0) is 60.1 Å². The number of alkyl carbamates (subject to hydrolysis) is 1. The lowest BCUT2D eigenvalue weighted by Gasteiger charge is -2.35. The number of alkyl halides is 2. The number of nitrogens with one attached hydrogen (secondary N) is 3. The van der Waals surface area contributed by atoms with Crippen molar-refractivity contribution < 1.29 is 45.9 Å². The van der Waals surface area contributed by atoms with Gasteiger partial charge in [-0.2, -0.15) is 4.80 Å². The lowest BCUT2D eigenvalue weighted by Crippen LogP contribution is -2.60. The van der Waals surface area contributed by atoms with Gasteiger partial charge < -0.3 is 25.0 Å². The normalized spacial score (nSPS) is 23.9. The molecule has 1 aliphatic heterocycles. The molecule has 2 saturated carbocycles. The highest BCUT2D eigenvalue weighted by atomic mass is 32.2. The maximum atomic E-state index is 14.3. The number of methoxy groups -OCH3 is 1. The van der Waals surface area contributed by atoms with E-state index in [9.17, 15) is 36.4 Å². The van der Waals surface area contributed by atoms with Crippen molar-refractivity contribution in [2.75, 3.05) is 20.3 Å². The third kappa shape index (κ3) is 8.39. The second-order valence-corrected chi connectivity index (χ2v) is 16.7. The molecule has 0 bridgehead atoms. The lowest BCUT2D eigenvalue weighted by molar-refractivity contribution is -0.143. The molecule has 1 aromatic carbocycles. The summed E-state index contributed by atoms with van der Waals surface area (Å²) < 4.78 is 65.5. The van der Waals surface area contributed by atoms with Gasteiger partial charge in [0.2, 0.25) is 34.1 Å². The van der Waals surface area contributed by atoms with Crippen LogP contribution in [-0.4, -0.2) is 107 Å². The largest absolute Gasteiger partial charge is 0.497 e. The summed E-state index contributed by atoms with van der Waals surface area (Å²) in [6.45, 7) is 8.75. The highest BCUT2D eigenvalue weighted by molar-refractivity contribution is 7.91. The van der Waals surface area contributed by atoms with Crippen LogP contribution in [0.1, 0.15) is 66.3 Å². The molecule has 0 spiro atoms. The number of tetrazole rings is 1. The molecule has 16 nitrogen and oxygen atoms in total. The van der Waals surface area contributed by atoms with Crippen molar-refractivity contribution >= 4 is 33.8 Å². The summed E-state index contributed by atoms with van der Waals surface area (Å²) in [4.78, 5) is 56.8. The molecule has 3 N–H and O–H groups in total. The number of amides is 4. The number of carbonyl (C=O) groups excluding carboxylic acids is 4. The van der Waals surface area contributed by atoms with Crippen molar-refractivity contribution in [3.8, 4) is 17.1 Å². The van der Waals surface area contributed by atoms with Gasteiger partial charge in [0.05, 0.1) is 30.9 Å². The first kappa shape index (κ1) is 37.8. The Hall–Kier alpha value is -4.42. The number of carbonyl (C=O) groups is 4. The van der Waals surface area contributed by atoms with E-state index in [1.807, 2.05) is 18.6 Å². The van der Waals surface area contributed by atoms with Crippen LogP contribution in [0.3, 0.4) is 0 Å². The fourth-order valence-electron chi connectivity index (χ4n) is 5.96. The van der Waals surface area contributed by atoms with Crippen molar-refractivity contribution in [3.05, 3.63) is 24.3 Å². The third-order valence-electron chi connectivity index (χ3n) is 9.16. The van der Waals surface area contributed by atoms with Crippen LogP contribution in [0.15, 0.2) is 24.3 Å². The SMILES string of the molecule is COc1ccc(-c2nnn([C@@H]3CC(C(=O)N[C@]4(C(=O)NS(=O)(=O)C5CC5)C[C@H]4C(F)F)N(C(=O)[C@@H](NC(=O)OCC(C)C)C(C)(C)C)C3)n2)cc1. The van der Waals surface area contributed by atoms with E-state index >= 15 is 0 Å². The minimum atomic E-state index is -4.12. The highest BCUT2D eigenvalue weighted by Gasteiger charge is 2.66. The van der Waals surface area contributed by atoms with Gasteiger partial charge in [-0.15, -0.1) is 10.2 Å². The Kier molecular flexibility index (Phi) is 10.6. The summed E-state index contributed by atoms with van der Waals surface area (Å²) in [5, 5.41) is 16.9. The number of likely N-dealkylation sites (tertiary alicyclic amines) is 1. The molecular formula is C32H44F2N8O8S. The van der Waals surface area contributed by atoms with Crippen LogP contribution in [0, 0.1) is 17.3 Å². The Bertz CT molecular complexity index is 1750. The Morgan fingerprint density at radius 3 is 2.31 bits per heavy atom. The zero-order chi connectivity index (χ0) is 37.5. The standard InChI is InChI=1S/C32H44F2N8O8S/c1-17(2)16-50-30(46)35-24(31(3,4)5)28(44)41-15-19(42-38-26(37-40-42)18-7-9-20(49-6)10-8-18)13-23(41)27(43)36-32(14-22(32)25(33)34)29(45)39-51(47,48)21-11-12-21/h7-10,17,19,21-25H,11-16H2,1-6H3,(H,35,46)(H,36,43)(H,39,45)/t19-,22+,23?,24-,32-/m1/s1. The van der Waals surface area contributed by atoms with Crippen molar-refractivity contribution in [2.24, 2.45) is 17.3 Å². The van der Waals surface area contributed by atoms with Crippen LogP contribution < -0.4 is 20.1 Å². The quantitative estimate of drug-likeness (QED) is 0.271. The molecule has 1 aromatic heterocycles. The monoisotopic (exact) mass is 738 g/mol. The van der Waals surface area contributed by atoms with Crippen molar-refractivity contribution in [1.29, 1.82) is 0 Å². The third-order valence-corrected chi connectivity index (χ3v) is 11.0. The number of ether oxygens (including phenoxy) is 2. The van der Waals surface area contributed by atoms with Crippen molar-refractivity contribution in [1.82, 2.24) is 40.5 Å². The topological polar surface area (TPSA) is 204 Å². The molecule has 3 aliphatic rings. The van der Waals surface area contributed by atoms with Gasteiger partial charge in [0.15, 0.2) is 0 Å². The van der Waals surface area contributed by atoms with E-state index in [1.165, 1.54) is 16.8 Å². The first-order valence-corrected chi connectivity index (χ1v) is 18.2. The van der Waals surface area contributed by atoms with E-state index < -0.39 is 86.9 Å². The van der Waals surface area contributed by atoms with E-state index in [4.69, 9.17) is 9.47 Å². The first-order valence-electron chi connectivity index (χ1n) is 16.7. The van der Waals surface area contributed by atoms with Crippen LogP contribution in [0.4, 0.5) is 13.6 Å². The van der Waals surface area contributed by atoms with Gasteiger partial charge in [0.1, 0.15) is 23.4 Å². The molecule has 51 heavy (non-hydrogen) atoms. The predicted octanol–water partition coefficient (Wildman–Crippen LogP) is 2.04. The summed E-state index contributed by atoms with van der Waals surface area (Å²) >= 11 is 0. The molecule has 2 heterocycles. The molecule has 4 amide bonds. The summed E-state index contributed by atoms with van der Waals surface area (Å²) in [5.41, 5.74) is -2.49. The number of benzene rings is 1. The van der Waals surface area contributed by atoms with Gasteiger partial charge in [0.25, 0.3) is 5.91 Å². The van der Waals surface area contributed by atoms with Crippen LogP contribution in [0.2, 0.25) is 0 Å². The maximum absolute atomic E-state index is 14.3. The highest BCUT2D eigenvalue weighted by Crippen LogP contribution is 2.48. The summed E-state index contributed by atoms with van der Waals surface area (Å²) in [5.74, 6) is -3.67. The Balaban J connectivity index is 1.44. The summed E-state index contributed by atoms with van der Waals surface area (Å²) in [6, 6.07) is 3.56. The number of hydrogen-bond acceptors (Lipinski definition) is 11. The molecular weight excluding hydrogens is 694 g/mol. The number of rotatable bonds is 13. The molecule has 5 rings (SSSR count). The number of hydrogen-bond donors (Lipinski definition) is 3. The fraction of sp³-hybridized carbons (Fsp3) is 0.656. The average molecular weight is 739 g/mol. The zero-order valence-electron chi connectivity index (χ0n) is 29.3. The fourth-order valence-corrected chi connectivity index (χ4v) is 7.33. The van der Waals surface area contributed by atoms with E-state index in [2.05, 4.69) is 26.0 Å². The number of aromatic nitrogens is 4. The van der Waals surface area contributed by atoms with Crippen LogP contribution in [-0.2, 0) is 29.1 Å². The lowest BCUT2D eigenvalue weighted by atomic mass is 9.85. The van der Waals surface area contributed by atoms with Gasteiger partial charge in [-0.1, -0.05) is 34.6 Å². The summed E-state index contributed by atoms with van der Waals surface area (Å²) in [6.07, 6.45) is -3.87. The smallest absolute Gasteiger partial charge is 0.407 e. The number of halogens is 2. The molecule has 1 unspecified atom stereocenters. The second kappa shape index (κ2) is 14.3. The van der Waals surface area contributed by atoms with Crippen LogP contribution in [0.25, 0.3) is 11.4 Å². The minimum absolute atomic E-state index is 0.0215. The van der Waals surface area contributed by atoms with Crippen molar-refractivity contribution in [3.63, 3.8) is 0 Å². The molecule has 0 radical (unpaired) electrons. The average Bonchev–Trinajstić information content (AvgIpc) is 3.95. The molecule has 2 aromatic rings. The van der Waals surface area contributed by atoms with Gasteiger partial charge >= 0.3 is 6.09 Å². The number of nitrogens with zero attached hydrogens (tertiary/aromatic N) is 5. The van der Waals surface area contributed by atoms with E-state index in [1.54, 1.807) is 45.0 Å². The van der Waals surface area contributed by atoms with Gasteiger partial charge in [-0.3, -0.25) is 19.1 Å². The van der Waals surface area contributed by atoms with Gasteiger partial charge in [-0.25, -0.2) is 22.0 Å². The van der Waals surface area contributed by atoms with Gasteiger partial charge in [0, 0.05) is 18.5 Å². The first-order chi connectivity index (χ1) is 23.9. The summed E-state index contributed by atoms with van der Waals surface area (Å²) in [7, 11) is -2.60. The Morgan fingerprint density at radius 1 is 1.10 bits per heavy atom. The minimum Gasteiger partial charge on any atom is -0.497 e. The molecule has 2 aliphatic carbocycles. The molecule has 3 fully saturated rings. The molecule has 1 saturated heterocycles. The molecule has 19 heteroatoms. The predicted molar refractivity (Wildman–Crippen MR) is 177 cm³/mol. The Labute approximate surface area is 294 Å². The zero-order valence-corrected chi connectivity index (χ0v) is 30.1.